The highest BCUT2D eigenvalue weighted by atomic mass is 127. The second-order valence-corrected chi connectivity index (χ2v) is 9.17. The number of nitrogens with zero attached hydrogens (tertiary/aromatic N) is 2. The second kappa shape index (κ2) is 15.1. The smallest absolute Gasteiger partial charge is 0.214 e. The lowest BCUT2D eigenvalue weighted by Gasteiger charge is -2.07. The molecule has 2 aromatic heterocycles. The molecular weight excluding hydrogens is 720 g/mol. The van der Waals surface area contributed by atoms with E-state index in [9.17, 15) is 8.78 Å². The third-order valence-corrected chi connectivity index (χ3v) is 6.18. The Morgan fingerprint density at radius 2 is 1.30 bits per heavy atom. The number of halogens is 5. The molecule has 0 atom stereocenters. The van der Waals surface area contributed by atoms with Crippen molar-refractivity contribution >= 4 is 61.1 Å². The Labute approximate surface area is 226 Å². The quantitative estimate of drug-likeness (QED) is 0.134. The lowest BCUT2D eigenvalue weighted by molar-refractivity contribution is 0.301. The summed E-state index contributed by atoms with van der Waals surface area (Å²) < 4.78 is 31.6. The predicted octanol–water partition coefficient (Wildman–Crippen LogP) is 7.52. The van der Waals surface area contributed by atoms with E-state index in [1.54, 1.807) is 0 Å². The van der Waals surface area contributed by atoms with Crippen LogP contribution in [0.4, 0.5) is 8.78 Å². The van der Waals surface area contributed by atoms with Crippen molar-refractivity contribution in [3.8, 4) is 11.5 Å². The van der Waals surface area contributed by atoms with Gasteiger partial charge in [0.15, 0.2) is 5.75 Å². The molecule has 9 heteroatoms. The Balaban J connectivity index is 0.000000192. The summed E-state index contributed by atoms with van der Waals surface area (Å²) in [5, 5.41) is 9.76. The molecule has 2 aromatic carbocycles. The largest absolute Gasteiger partial charge is 0.505 e. The number of pyridine rings is 2. The monoisotopic (exact) mass is 738 g/mol. The summed E-state index contributed by atoms with van der Waals surface area (Å²) in [7, 11) is 0. The zero-order chi connectivity index (χ0) is 24.1. The van der Waals surface area contributed by atoms with Gasteiger partial charge in [-0.1, -0.05) is 76.6 Å². The fourth-order valence-corrected chi connectivity index (χ4v) is 3.53. The van der Waals surface area contributed by atoms with Crippen molar-refractivity contribution < 1.29 is 18.6 Å². The van der Waals surface area contributed by atoms with Gasteiger partial charge < -0.3 is 9.84 Å². The number of alkyl halides is 1. The lowest BCUT2D eigenvalue weighted by atomic mass is 10.2. The average molecular weight is 739 g/mol. The van der Waals surface area contributed by atoms with Gasteiger partial charge in [0.25, 0.3) is 0 Å². The van der Waals surface area contributed by atoms with Crippen molar-refractivity contribution in [1.82, 2.24) is 9.97 Å². The van der Waals surface area contributed by atoms with Crippen molar-refractivity contribution in [1.29, 1.82) is 0 Å². The Bertz CT molecular complexity index is 1120. The van der Waals surface area contributed by atoms with Crippen molar-refractivity contribution in [2.24, 2.45) is 0 Å². The van der Waals surface area contributed by atoms with Crippen LogP contribution >= 0.6 is 61.1 Å². The van der Waals surface area contributed by atoms with E-state index in [0.29, 0.717) is 15.9 Å². The van der Waals surface area contributed by atoms with Crippen LogP contribution in [0.5, 0.6) is 11.5 Å². The summed E-state index contributed by atoms with van der Waals surface area (Å²) in [5.41, 5.74) is 2.40. The van der Waals surface area contributed by atoms with Crippen molar-refractivity contribution in [2.45, 2.75) is 11.9 Å². The maximum atomic E-state index is 12.7. The molecule has 4 rings (SSSR count). The van der Waals surface area contributed by atoms with E-state index >= 15 is 0 Å². The minimum Gasteiger partial charge on any atom is -0.505 e. The van der Waals surface area contributed by atoms with Crippen LogP contribution in [-0.4, -0.2) is 15.1 Å². The molecule has 0 aliphatic carbocycles. The molecule has 0 unspecified atom stereocenters. The summed E-state index contributed by atoms with van der Waals surface area (Å²) in [4.78, 5) is 6.77. The number of hydrogen-bond acceptors (Lipinski definition) is 4. The number of rotatable bonds is 4. The van der Waals surface area contributed by atoms with Gasteiger partial charge in [-0.2, -0.15) is 8.78 Å². The van der Waals surface area contributed by atoms with Crippen molar-refractivity contribution in [2.75, 3.05) is 0 Å². The Kier molecular flexibility index (Phi) is 12.5. The van der Waals surface area contributed by atoms with Crippen LogP contribution < -0.4 is 4.74 Å². The first-order chi connectivity index (χ1) is 15.9. The highest BCUT2D eigenvalue weighted by Crippen LogP contribution is 2.21. The zero-order valence-corrected chi connectivity index (χ0v) is 23.0. The fourth-order valence-electron chi connectivity index (χ4n) is 2.20. The van der Waals surface area contributed by atoms with E-state index in [2.05, 4.69) is 38.0 Å². The predicted molar refractivity (Wildman–Crippen MR) is 145 cm³/mol. The van der Waals surface area contributed by atoms with Gasteiger partial charge in [0, 0.05) is 17.5 Å². The van der Waals surface area contributed by atoms with E-state index in [0.717, 1.165) is 26.7 Å². The molecule has 4 aromatic rings. The van der Waals surface area contributed by atoms with Gasteiger partial charge in [0.2, 0.25) is 11.9 Å². The maximum absolute atomic E-state index is 12.7. The highest BCUT2D eigenvalue weighted by molar-refractivity contribution is 14.1. The fraction of sp³-hybridized carbons (Fsp3) is 0.0833. The number of aromatic hydroxyl groups is 1. The van der Waals surface area contributed by atoms with Crippen LogP contribution in [0, 0.1) is 19.0 Å². The maximum Gasteiger partial charge on any atom is 0.214 e. The zero-order valence-electron chi connectivity index (χ0n) is 17.1. The molecule has 1 N–H and O–H groups in total. The van der Waals surface area contributed by atoms with Gasteiger partial charge in [0.05, 0.1) is 19.5 Å². The highest BCUT2D eigenvalue weighted by Gasteiger charge is 2.03. The minimum absolute atomic E-state index is 0.0111. The number of ether oxygens (including phenoxy) is 1. The molecule has 0 saturated heterocycles. The molecule has 0 aliphatic rings. The van der Waals surface area contributed by atoms with E-state index in [1.807, 2.05) is 93.7 Å². The minimum atomic E-state index is -0.572. The third-order valence-electron chi connectivity index (χ3n) is 3.82. The van der Waals surface area contributed by atoms with Crippen LogP contribution in [0.2, 0.25) is 0 Å². The summed E-state index contributed by atoms with van der Waals surface area (Å²) in [6, 6.07) is 22.6. The molecule has 33 heavy (non-hydrogen) atoms. The topological polar surface area (TPSA) is 55.2 Å². The Hall–Kier alpha value is -1.86. The number of hydrogen-bond donors (Lipinski definition) is 1. The lowest BCUT2D eigenvalue weighted by Crippen LogP contribution is -1.98. The van der Waals surface area contributed by atoms with E-state index in [1.165, 1.54) is 17.8 Å². The van der Waals surface area contributed by atoms with E-state index < -0.39 is 11.9 Å². The van der Waals surface area contributed by atoms with Gasteiger partial charge in [-0.3, -0.25) is 0 Å². The number of benzene rings is 2. The van der Waals surface area contributed by atoms with Gasteiger partial charge in [-0.05, 0) is 56.3 Å². The Morgan fingerprint density at radius 1 is 0.788 bits per heavy atom. The van der Waals surface area contributed by atoms with E-state index in [-0.39, 0.29) is 5.75 Å². The molecule has 4 nitrogen and oxygen atoms in total. The van der Waals surface area contributed by atoms with Crippen LogP contribution in [0.25, 0.3) is 0 Å². The van der Waals surface area contributed by atoms with Crippen molar-refractivity contribution in [3.05, 3.63) is 115 Å². The number of aromatic nitrogens is 2. The van der Waals surface area contributed by atoms with E-state index in [4.69, 9.17) is 9.84 Å². The summed E-state index contributed by atoms with van der Waals surface area (Å²) in [6.07, 6.45) is 2.48. The third kappa shape index (κ3) is 10.7. The molecule has 0 amide bonds. The first kappa shape index (κ1) is 27.4. The first-order valence-electron chi connectivity index (χ1n) is 9.46. The molecule has 0 aliphatic heterocycles. The molecule has 172 valence electrons. The molecule has 0 bridgehead atoms. The standard InChI is InChI=1S/C12H9FINO.C7H7Br.C5H3FINO/c13-12-6-10(14)11(7-15-12)16-8-9-4-2-1-3-5-9;8-6-7-4-2-1-3-5-7;6-5-1-3(7)4(9)2-8-5/h1-7H,8H2;1-5H,6H2;1-2,9H. The molecule has 0 radical (unpaired) electrons. The van der Waals surface area contributed by atoms with Crippen LogP contribution in [0.3, 0.4) is 0 Å². The molecule has 0 saturated carbocycles. The normalized spacial score (nSPS) is 9.73. The average Bonchev–Trinajstić information content (AvgIpc) is 2.83. The van der Waals surface area contributed by atoms with Crippen LogP contribution in [-0.2, 0) is 11.9 Å². The first-order valence-corrected chi connectivity index (χ1v) is 12.7. The Morgan fingerprint density at radius 3 is 1.76 bits per heavy atom. The molecule has 0 fully saturated rings. The van der Waals surface area contributed by atoms with Crippen molar-refractivity contribution in [3.63, 3.8) is 0 Å². The molecular formula is C24H19BrF2I2N2O2. The summed E-state index contributed by atoms with van der Waals surface area (Å²) in [5.74, 6) is -0.448. The summed E-state index contributed by atoms with van der Waals surface area (Å²) in [6.45, 7) is 0.462. The van der Waals surface area contributed by atoms with Gasteiger partial charge in [-0.15, -0.1) is 0 Å². The molecule has 2 heterocycles. The van der Waals surface area contributed by atoms with Gasteiger partial charge in [0.1, 0.15) is 12.4 Å². The SMILES string of the molecule is BrCc1ccccc1.Fc1cc(I)c(OCc2ccccc2)cn1.Oc1cnc(F)cc1I. The van der Waals surface area contributed by atoms with Crippen LogP contribution in [0.1, 0.15) is 11.1 Å². The molecule has 0 spiro atoms. The van der Waals surface area contributed by atoms with Gasteiger partial charge in [-0.25, -0.2) is 9.97 Å². The summed E-state index contributed by atoms with van der Waals surface area (Å²) >= 11 is 7.20. The van der Waals surface area contributed by atoms with Gasteiger partial charge >= 0.3 is 0 Å². The van der Waals surface area contributed by atoms with Crippen LogP contribution in [0.15, 0.2) is 85.2 Å². The second-order valence-electron chi connectivity index (χ2n) is 6.29.